The number of hydrogen-bond acceptors (Lipinski definition) is 7. The number of carbonyl (C=O) groups excluding carboxylic acids is 2. The van der Waals surface area contributed by atoms with Gasteiger partial charge >= 0.3 is 12.2 Å². The molecule has 0 heterocycles. The van der Waals surface area contributed by atoms with Crippen molar-refractivity contribution >= 4 is 29.6 Å². The van der Waals surface area contributed by atoms with Gasteiger partial charge in [-0.1, -0.05) is 7.43 Å². The summed E-state index contributed by atoms with van der Waals surface area (Å²) in [7, 11) is 0. The van der Waals surface area contributed by atoms with Crippen LogP contribution >= 0.6 is 12.2 Å². The maximum atomic E-state index is 11.2. The Bertz CT molecular complexity index is 448. The molecule has 0 spiro atoms. The zero-order chi connectivity index (χ0) is 21.1. The molecule has 0 aromatic carbocycles. The fourth-order valence-corrected chi connectivity index (χ4v) is 1.67. The molecule has 0 saturated carbocycles. The predicted octanol–water partition coefficient (Wildman–Crippen LogP) is 3.89. The van der Waals surface area contributed by atoms with Gasteiger partial charge in [-0.2, -0.15) is 0 Å². The van der Waals surface area contributed by atoms with Crippen LogP contribution < -0.4 is 16.4 Å². The van der Waals surface area contributed by atoms with Crippen molar-refractivity contribution in [2.24, 2.45) is 10.7 Å². The Kier molecular flexibility index (Phi) is 22.2. The molecule has 0 saturated heterocycles. The first-order valence-corrected chi connectivity index (χ1v) is 9.68. The quantitative estimate of drug-likeness (QED) is 0.280. The lowest BCUT2D eigenvalue weighted by atomic mass is 10.2. The zero-order valence-electron chi connectivity index (χ0n) is 17.3. The van der Waals surface area contributed by atoms with Crippen molar-refractivity contribution in [1.29, 1.82) is 0 Å². The van der Waals surface area contributed by atoms with Crippen molar-refractivity contribution in [2.45, 2.75) is 79.4 Å². The van der Waals surface area contributed by atoms with Crippen LogP contribution in [0.5, 0.6) is 0 Å². The number of amides is 2. The maximum absolute atomic E-state index is 11.2. The summed E-state index contributed by atoms with van der Waals surface area (Å²) in [6, 6.07) is 0. The highest BCUT2D eigenvalue weighted by molar-refractivity contribution is 7.78. The number of ether oxygens (including phenoxy) is 2. The molecule has 0 aliphatic carbocycles. The van der Waals surface area contributed by atoms with E-state index in [2.05, 4.69) is 33.0 Å². The van der Waals surface area contributed by atoms with Gasteiger partial charge in [-0.15, -0.1) is 0 Å². The van der Waals surface area contributed by atoms with Gasteiger partial charge in [0.25, 0.3) is 0 Å². The SMILES string of the molecule is C.CC(C)(C)OC(=O)NCCCCN=C=S.CC(C)OC(=O)NCCCCN. The summed E-state index contributed by atoms with van der Waals surface area (Å²) in [6.07, 6.45) is 2.81. The van der Waals surface area contributed by atoms with Gasteiger partial charge < -0.3 is 25.8 Å². The highest BCUT2D eigenvalue weighted by atomic mass is 32.1. The van der Waals surface area contributed by atoms with Gasteiger partial charge in [0.05, 0.1) is 11.3 Å². The number of isothiocyanates is 1. The van der Waals surface area contributed by atoms with Gasteiger partial charge in [-0.05, 0) is 79.1 Å². The second-order valence-electron chi connectivity index (χ2n) is 6.99. The molecule has 8 nitrogen and oxygen atoms in total. The fraction of sp³-hybridized carbons (Fsp3) is 0.842. The van der Waals surface area contributed by atoms with Crippen LogP contribution in [-0.4, -0.2) is 55.2 Å². The third kappa shape index (κ3) is 29.1. The van der Waals surface area contributed by atoms with Crippen LogP contribution in [0, 0.1) is 0 Å². The average molecular weight is 421 g/mol. The van der Waals surface area contributed by atoms with Crippen molar-refractivity contribution in [2.75, 3.05) is 26.2 Å². The number of nitrogens with zero attached hydrogens (tertiary/aromatic N) is 1. The topological polar surface area (TPSA) is 115 Å². The average Bonchev–Trinajstić information content (AvgIpc) is 2.53. The normalized spacial score (nSPS) is 9.82. The molecule has 0 radical (unpaired) electrons. The number of nitrogens with two attached hydrogens (primary N) is 1. The van der Waals surface area contributed by atoms with E-state index in [1.807, 2.05) is 34.6 Å². The van der Waals surface area contributed by atoms with Crippen LogP contribution in [-0.2, 0) is 9.47 Å². The van der Waals surface area contributed by atoms with Crippen molar-refractivity contribution in [3.63, 3.8) is 0 Å². The molecule has 0 aromatic rings. The number of alkyl carbamates (subject to hydrolysis) is 2. The van der Waals surface area contributed by atoms with E-state index in [1.54, 1.807) is 0 Å². The summed E-state index contributed by atoms with van der Waals surface area (Å²) >= 11 is 4.42. The minimum atomic E-state index is -0.439. The van der Waals surface area contributed by atoms with Gasteiger partial charge in [-0.25, -0.2) is 14.6 Å². The number of rotatable bonds is 10. The summed E-state index contributed by atoms with van der Waals surface area (Å²) in [5.41, 5.74) is 4.84. The molecular weight excluding hydrogens is 380 g/mol. The van der Waals surface area contributed by atoms with Crippen molar-refractivity contribution < 1.29 is 19.1 Å². The second-order valence-corrected chi connectivity index (χ2v) is 7.17. The number of nitrogens with one attached hydrogen (secondary N) is 2. The van der Waals surface area contributed by atoms with Crippen molar-refractivity contribution in [3.8, 4) is 0 Å². The van der Waals surface area contributed by atoms with E-state index in [1.165, 1.54) is 0 Å². The van der Waals surface area contributed by atoms with Gasteiger partial charge in [0.1, 0.15) is 5.60 Å². The molecule has 0 aromatic heterocycles. The molecule has 0 unspecified atom stereocenters. The van der Waals surface area contributed by atoms with E-state index in [-0.39, 0.29) is 25.7 Å². The maximum Gasteiger partial charge on any atom is 0.407 e. The third-order valence-corrected chi connectivity index (χ3v) is 2.80. The number of unbranched alkanes of at least 4 members (excludes halogenated alkanes) is 2. The summed E-state index contributed by atoms with van der Waals surface area (Å²) in [5, 5.41) is 7.59. The van der Waals surface area contributed by atoms with E-state index in [4.69, 9.17) is 15.2 Å². The lowest BCUT2D eigenvalue weighted by Crippen LogP contribution is -2.33. The molecule has 9 heteroatoms. The van der Waals surface area contributed by atoms with E-state index < -0.39 is 5.60 Å². The molecule has 0 aliphatic rings. The Morgan fingerprint density at radius 3 is 2.07 bits per heavy atom. The Morgan fingerprint density at radius 2 is 1.61 bits per heavy atom. The molecule has 2 amide bonds. The largest absolute Gasteiger partial charge is 0.447 e. The lowest BCUT2D eigenvalue weighted by Gasteiger charge is -2.19. The van der Waals surface area contributed by atoms with Crippen LogP contribution in [0.2, 0.25) is 0 Å². The van der Waals surface area contributed by atoms with Crippen molar-refractivity contribution in [1.82, 2.24) is 10.6 Å². The molecule has 28 heavy (non-hydrogen) atoms. The van der Waals surface area contributed by atoms with Crippen molar-refractivity contribution in [3.05, 3.63) is 0 Å². The van der Waals surface area contributed by atoms with Gasteiger partial charge in [0.2, 0.25) is 0 Å². The first-order chi connectivity index (χ1) is 12.6. The monoisotopic (exact) mass is 420 g/mol. The van der Waals surface area contributed by atoms with E-state index in [0.29, 0.717) is 26.2 Å². The number of hydrogen-bond donors (Lipinski definition) is 3. The summed E-state index contributed by atoms with van der Waals surface area (Å²) in [5.74, 6) is 0. The van der Waals surface area contributed by atoms with E-state index in [9.17, 15) is 9.59 Å². The van der Waals surface area contributed by atoms with Crippen LogP contribution in [0.1, 0.15) is 67.7 Å². The smallest absolute Gasteiger partial charge is 0.407 e. The zero-order valence-corrected chi connectivity index (χ0v) is 18.1. The molecular formula is C19H40N4O4S. The van der Waals surface area contributed by atoms with Gasteiger partial charge in [0, 0.05) is 19.6 Å². The predicted molar refractivity (Wildman–Crippen MR) is 118 cm³/mol. The Labute approximate surface area is 176 Å². The highest BCUT2D eigenvalue weighted by Crippen LogP contribution is 2.06. The summed E-state index contributed by atoms with van der Waals surface area (Å²) in [4.78, 5) is 25.8. The fourth-order valence-electron chi connectivity index (χ4n) is 1.58. The van der Waals surface area contributed by atoms with Crippen LogP contribution in [0.4, 0.5) is 9.59 Å². The highest BCUT2D eigenvalue weighted by Gasteiger charge is 2.15. The minimum Gasteiger partial charge on any atom is -0.447 e. The lowest BCUT2D eigenvalue weighted by molar-refractivity contribution is 0.0527. The first kappa shape index (κ1) is 31.0. The van der Waals surface area contributed by atoms with Crippen LogP contribution in [0.25, 0.3) is 0 Å². The number of carbonyl (C=O) groups is 2. The van der Waals surface area contributed by atoms with Crippen LogP contribution in [0.15, 0.2) is 4.99 Å². The Balaban J connectivity index is -0.000000441. The summed E-state index contributed by atoms with van der Waals surface area (Å²) < 4.78 is 9.91. The standard InChI is InChI=1S/C10H18N2O2S.C8H18N2O2.CH4/c1-10(2,3)14-9(13)12-7-5-4-6-11-8-15;1-7(2)12-8(11)10-6-4-3-5-9;/h4-7H2,1-3H3,(H,12,13);7H,3-6,9H2,1-2H3,(H,10,11);1H4. The summed E-state index contributed by atoms with van der Waals surface area (Å²) in [6.45, 7) is 11.7. The molecule has 4 N–H and O–H groups in total. The molecule has 0 aliphatic heterocycles. The molecule has 0 bridgehead atoms. The molecule has 0 atom stereocenters. The number of thiocarbonyl (C=S) groups is 1. The van der Waals surface area contributed by atoms with Crippen LogP contribution in [0.3, 0.4) is 0 Å². The Morgan fingerprint density at radius 1 is 1.07 bits per heavy atom. The van der Waals surface area contributed by atoms with Gasteiger partial charge in [-0.3, -0.25) is 0 Å². The molecule has 0 fully saturated rings. The first-order valence-electron chi connectivity index (χ1n) is 9.27. The van der Waals surface area contributed by atoms with E-state index >= 15 is 0 Å². The minimum absolute atomic E-state index is 0. The van der Waals surface area contributed by atoms with E-state index in [0.717, 1.165) is 25.7 Å². The van der Waals surface area contributed by atoms with Gasteiger partial charge in [0.15, 0.2) is 0 Å². The Hall–Kier alpha value is -1.70. The molecule has 166 valence electrons. The third-order valence-electron chi connectivity index (χ3n) is 2.67. The second kappa shape index (κ2) is 20.0. The molecule has 0 rings (SSSR count). The number of aliphatic imine (C=N–C) groups is 1.